The van der Waals surface area contributed by atoms with Crippen LogP contribution in [0.1, 0.15) is 66.1 Å². The van der Waals surface area contributed by atoms with Crippen molar-refractivity contribution in [3.8, 4) is 17.1 Å². The van der Waals surface area contributed by atoms with Crippen molar-refractivity contribution < 1.29 is 19.1 Å². The number of fused-ring (bicyclic) bond motifs is 2. The predicted molar refractivity (Wildman–Crippen MR) is 171 cm³/mol. The third-order valence-corrected chi connectivity index (χ3v) is 9.86. The fraction of sp³-hybridized carbons (Fsp3) is 0.529. The van der Waals surface area contributed by atoms with Gasteiger partial charge in [-0.15, -0.1) is 0 Å². The normalized spacial score (nSPS) is 19.5. The van der Waals surface area contributed by atoms with Crippen LogP contribution < -0.4 is 10.5 Å². The van der Waals surface area contributed by atoms with Gasteiger partial charge >= 0.3 is 0 Å². The highest BCUT2D eigenvalue weighted by Crippen LogP contribution is 2.41. The predicted octanol–water partition coefficient (Wildman–Crippen LogP) is 3.99. The molecule has 45 heavy (non-hydrogen) atoms. The average molecular weight is 614 g/mol. The lowest BCUT2D eigenvalue weighted by Crippen LogP contribution is -2.45. The molecule has 0 spiro atoms. The van der Waals surface area contributed by atoms with Gasteiger partial charge in [0, 0.05) is 75.1 Å². The fourth-order valence-electron chi connectivity index (χ4n) is 7.28. The Bertz CT molecular complexity index is 1750. The van der Waals surface area contributed by atoms with Crippen molar-refractivity contribution in [3.63, 3.8) is 0 Å². The minimum atomic E-state index is -0.0476. The molecule has 4 aromatic rings. The van der Waals surface area contributed by atoms with Crippen molar-refractivity contribution in [3.05, 3.63) is 47.4 Å². The molecule has 1 atom stereocenters. The van der Waals surface area contributed by atoms with Crippen molar-refractivity contribution in [2.24, 2.45) is 11.7 Å². The fourth-order valence-corrected chi connectivity index (χ4v) is 7.28. The molecule has 7 rings (SSSR count). The molecule has 238 valence electrons. The molecule has 4 aromatic heterocycles. The Labute approximate surface area is 263 Å². The summed E-state index contributed by atoms with van der Waals surface area (Å²) in [4.78, 5) is 34.7. The zero-order valence-corrected chi connectivity index (χ0v) is 26.5. The van der Waals surface area contributed by atoms with Gasteiger partial charge in [0.05, 0.1) is 29.6 Å². The summed E-state index contributed by atoms with van der Waals surface area (Å²) in [7, 11) is 3.20. The van der Waals surface area contributed by atoms with Crippen LogP contribution in [-0.4, -0.2) is 93.8 Å². The van der Waals surface area contributed by atoms with Crippen LogP contribution in [0.3, 0.4) is 0 Å². The second kappa shape index (κ2) is 12.1. The first-order valence-corrected chi connectivity index (χ1v) is 16.2. The lowest BCUT2D eigenvalue weighted by molar-refractivity contribution is -0.136. The summed E-state index contributed by atoms with van der Waals surface area (Å²) in [5.41, 5.74) is 12.8. The Morgan fingerprint density at radius 1 is 1.02 bits per heavy atom. The van der Waals surface area contributed by atoms with E-state index in [1.54, 1.807) is 14.2 Å². The molecule has 0 radical (unpaired) electrons. The zero-order valence-electron chi connectivity index (χ0n) is 26.5. The lowest BCUT2D eigenvalue weighted by atomic mass is 9.92. The quantitative estimate of drug-likeness (QED) is 0.319. The summed E-state index contributed by atoms with van der Waals surface area (Å²) in [5.74, 6) is 1.52. The summed E-state index contributed by atoms with van der Waals surface area (Å²) >= 11 is 0. The third kappa shape index (κ3) is 5.56. The maximum atomic E-state index is 13.5. The number of amides is 2. The van der Waals surface area contributed by atoms with Gasteiger partial charge in [0.2, 0.25) is 5.91 Å². The first-order valence-electron chi connectivity index (χ1n) is 16.2. The van der Waals surface area contributed by atoms with E-state index in [2.05, 4.69) is 23.6 Å². The molecular formula is C34H43N7O4. The van der Waals surface area contributed by atoms with E-state index in [9.17, 15) is 9.59 Å². The number of piperidine rings is 2. The molecule has 11 heteroatoms. The Kier molecular flexibility index (Phi) is 7.99. The van der Waals surface area contributed by atoms with E-state index < -0.39 is 0 Å². The second-order valence-electron chi connectivity index (χ2n) is 13.0. The summed E-state index contributed by atoms with van der Waals surface area (Å²) in [6, 6.07) is 6.17. The molecule has 11 nitrogen and oxygen atoms in total. The first kappa shape index (κ1) is 29.7. The molecule has 1 aliphatic carbocycles. The number of aromatic nitrogens is 4. The van der Waals surface area contributed by atoms with Crippen molar-refractivity contribution in [1.29, 1.82) is 0 Å². The summed E-state index contributed by atoms with van der Waals surface area (Å²) in [6.07, 6.45) is 9.77. The van der Waals surface area contributed by atoms with E-state index in [0.29, 0.717) is 43.4 Å². The molecule has 3 fully saturated rings. The highest BCUT2D eigenvalue weighted by atomic mass is 16.5. The van der Waals surface area contributed by atoms with Crippen molar-refractivity contribution in [2.45, 2.75) is 64.0 Å². The Balaban J connectivity index is 1.29. The van der Waals surface area contributed by atoms with E-state index >= 15 is 0 Å². The van der Waals surface area contributed by atoms with Gasteiger partial charge in [-0.3, -0.25) is 14.6 Å². The number of nitrogens with zero attached hydrogens (tertiary/aromatic N) is 6. The van der Waals surface area contributed by atoms with Gasteiger partial charge in [-0.05, 0) is 69.6 Å². The molecule has 1 saturated carbocycles. The minimum Gasteiger partial charge on any atom is -0.494 e. The molecule has 2 amide bonds. The van der Waals surface area contributed by atoms with Gasteiger partial charge in [-0.25, -0.2) is 4.52 Å². The number of nitrogens with two attached hydrogens (primary N) is 1. The van der Waals surface area contributed by atoms with Gasteiger partial charge < -0.3 is 29.6 Å². The van der Waals surface area contributed by atoms with Gasteiger partial charge in [-0.1, -0.05) is 0 Å². The maximum Gasteiger partial charge on any atom is 0.255 e. The summed E-state index contributed by atoms with van der Waals surface area (Å²) in [6.45, 7) is 5.78. The standard InChI is InChI=1S/C34H43N7O4/c1-21-30(37-41-18-25(16-28(45-3)32(21)41)34(43)39-12-4-5-26(35)19-39)27-15-24-8-11-36-31(33(24)40(27)17-22-6-7-22)23-9-13-38(14-10-23)29(42)20-44-2/h8,11,15-16,18,22-23,26H,4-7,9-10,12-14,17,19-20,35H2,1-3H3. The number of aryl methyl sites for hydroxylation is 1. The van der Waals surface area contributed by atoms with Crippen LogP contribution in [0.25, 0.3) is 27.8 Å². The summed E-state index contributed by atoms with van der Waals surface area (Å²) < 4.78 is 15.2. The van der Waals surface area contributed by atoms with Crippen molar-refractivity contribution in [1.82, 2.24) is 29.0 Å². The average Bonchev–Trinajstić information content (AvgIpc) is 3.72. The molecule has 1 unspecified atom stereocenters. The topological polar surface area (TPSA) is 120 Å². The maximum absolute atomic E-state index is 13.5. The van der Waals surface area contributed by atoms with E-state index in [1.807, 2.05) is 32.8 Å². The van der Waals surface area contributed by atoms with Crippen molar-refractivity contribution >= 4 is 28.2 Å². The van der Waals surface area contributed by atoms with Crippen LogP contribution >= 0.6 is 0 Å². The number of carbonyl (C=O) groups excluding carboxylic acids is 2. The molecule has 6 heterocycles. The molecule has 3 aliphatic rings. The van der Waals surface area contributed by atoms with Crippen LogP contribution in [0.15, 0.2) is 30.6 Å². The van der Waals surface area contributed by atoms with E-state index in [-0.39, 0.29) is 30.4 Å². The van der Waals surface area contributed by atoms with E-state index in [1.165, 1.54) is 18.4 Å². The zero-order chi connectivity index (χ0) is 31.2. The number of ether oxygens (including phenoxy) is 2. The molecule has 0 aromatic carbocycles. The van der Waals surface area contributed by atoms with Crippen LogP contribution in [0.4, 0.5) is 0 Å². The van der Waals surface area contributed by atoms with Crippen LogP contribution in [0.2, 0.25) is 0 Å². The van der Waals surface area contributed by atoms with E-state index in [0.717, 1.165) is 65.8 Å². The van der Waals surface area contributed by atoms with Gasteiger partial charge in [-0.2, -0.15) is 5.10 Å². The number of hydrogen-bond acceptors (Lipinski definition) is 7. The second-order valence-corrected chi connectivity index (χ2v) is 13.0. The highest BCUT2D eigenvalue weighted by molar-refractivity contribution is 5.96. The smallest absolute Gasteiger partial charge is 0.255 e. The van der Waals surface area contributed by atoms with Gasteiger partial charge in [0.1, 0.15) is 23.6 Å². The van der Waals surface area contributed by atoms with E-state index in [4.69, 9.17) is 25.3 Å². The number of pyridine rings is 2. The Hall–Kier alpha value is -3.96. The Morgan fingerprint density at radius 3 is 2.53 bits per heavy atom. The third-order valence-electron chi connectivity index (χ3n) is 9.86. The number of likely N-dealkylation sites (tertiary alicyclic amines) is 2. The number of rotatable bonds is 8. The van der Waals surface area contributed by atoms with Crippen LogP contribution in [-0.2, 0) is 16.1 Å². The van der Waals surface area contributed by atoms with Crippen LogP contribution in [0.5, 0.6) is 5.75 Å². The molecule has 2 aliphatic heterocycles. The molecule has 2 N–H and O–H groups in total. The van der Waals surface area contributed by atoms with Crippen molar-refractivity contribution in [2.75, 3.05) is 47.0 Å². The lowest BCUT2D eigenvalue weighted by Gasteiger charge is -2.32. The monoisotopic (exact) mass is 613 g/mol. The number of methoxy groups -OCH3 is 2. The first-order chi connectivity index (χ1) is 21.9. The SMILES string of the molecule is COCC(=O)N1CCC(c2nccc3cc(-c4nn5cc(C(=O)N6CCCC(N)C6)cc(OC)c5c4C)n(CC4CC4)c23)CC1. The summed E-state index contributed by atoms with van der Waals surface area (Å²) in [5, 5.41) is 6.26. The number of carbonyl (C=O) groups is 2. The van der Waals surface area contributed by atoms with Crippen LogP contribution in [0, 0.1) is 12.8 Å². The Morgan fingerprint density at radius 2 is 1.82 bits per heavy atom. The molecular weight excluding hydrogens is 570 g/mol. The highest BCUT2D eigenvalue weighted by Gasteiger charge is 2.31. The van der Waals surface area contributed by atoms with Gasteiger partial charge in [0.25, 0.3) is 5.91 Å². The number of hydrogen-bond donors (Lipinski definition) is 1. The largest absolute Gasteiger partial charge is 0.494 e. The molecule has 2 saturated heterocycles. The van der Waals surface area contributed by atoms with Gasteiger partial charge in [0.15, 0.2) is 0 Å². The minimum absolute atomic E-state index is 0.00495. The molecule has 0 bridgehead atoms.